The highest BCUT2D eigenvalue weighted by Crippen LogP contribution is 2.65. The van der Waals surface area contributed by atoms with Gasteiger partial charge >= 0.3 is 0 Å². The second kappa shape index (κ2) is 7.98. The molecule has 0 unspecified atom stereocenters. The van der Waals surface area contributed by atoms with Gasteiger partial charge in [-0.15, -0.1) is 0 Å². The quantitative estimate of drug-likeness (QED) is 0.368. The van der Waals surface area contributed by atoms with E-state index in [1.807, 2.05) is 43.7 Å². The number of aliphatic hydroxyl groups is 2. The molecule has 0 radical (unpaired) electrons. The second-order valence-corrected chi connectivity index (χ2v) is 12.5. The summed E-state index contributed by atoms with van der Waals surface area (Å²) < 4.78 is 0. The molecule has 37 heavy (non-hydrogen) atoms. The first-order valence-electron chi connectivity index (χ1n) is 12.6. The molecule has 1 saturated carbocycles. The molecule has 1 heterocycles. The third-order valence-electron chi connectivity index (χ3n) is 9.03. The normalized spacial score (nSPS) is 31.4. The van der Waals surface area contributed by atoms with Crippen molar-refractivity contribution in [3.05, 3.63) is 56.8 Å². The molecule has 0 aliphatic heterocycles. The summed E-state index contributed by atoms with van der Waals surface area (Å²) in [6, 6.07) is 5.26. The van der Waals surface area contributed by atoms with Gasteiger partial charge in [-0.05, 0) is 78.1 Å². The molecule has 0 spiro atoms. The maximum Gasteiger partial charge on any atom is 0.206 e. The zero-order chi connectivity index (χ0) is 27.2. The van der Waals surface area contributed by atoms with Crippen LogP contribution in [0.1, 0.15) is 59.1 Å². The Morgan fingerprint density at radius 1 is 1.11 bits per heavy atom. The molecule has 0 bridgehead atoms. The number of phenolic OH excluding ortho intramolecular Hbond substituents is 1. The number of aliphatic hydroxyl groups excluding tert-OH is 1. The summed E-state index contributed by atoms with van der Waals surface area (Å²) in [6.07, 6.45) is 0.566. The van der Waals surface area contributed by atoms with E-state index >= 15 is 0 Å². The fourth-order valence-corrected chi connectivity index (χ4v) is 8.59. The summed E-state index contributed by atoms with van der Waals surface area (Å²) in [4.78, 5) is 40.7. The van der Waals surface area contributed by atoms with E-state index in [2.05, 4.69) is 0 Å². The number of hydrogen-bond donors (Lipinski definition) is 3. The number of aromatic hydroxyl groups is 1. The van der Waals surface area contributed by atoms with E-state index < -0.39 is 45.5 Å². The first-order valence-corrected chi connectivity index (χ1v) is 13.5. The average Bonchev–Trinajstić information content (AvgIpc) is 3.30. The lowest BCUT2D eigenvalue weighted by atomic mass is 9.42. The summed E-state index contributed by atoms with van der Waals surface area (Å²) >= 11 is 1.54. The lowest BCUT2D eigenvalue weighted by molar-refractivity contribution is -0.180. The summed E-state index contributed by atoms with van der Waals surface area (Å²) in [5.41, 5.74) is -1.56. The highest BCUT2D eigenvalue weighted by Gasteiger charge is 2.72. The predicted octanol–water partition coefficient (Wildman–Crippen LogP) is 5.42. The molecular formula is C30H32O6S. The maximum absolute atomic E-state index is 14.3. The number of benzene rings is 1. The number of allylic oxidation sites excluding steroid dienone is 1. The van der Waals surface area contributed by atoms with Gasteiger partial charge in [0.2, 0.25) is 11.6 Å². The van der Waals surface area contributed by atoms with E-state index in [0.29, 0.717) is 12.0 Å². The third kappa shape index (κ3) is 3.10. The number of carbonyl (C=O) groups excluding carboxylic acids is 3. The van der Waals surface area contributed by atoms with Gasteiger partial charge in [0.25, 0.3) is 0 Å². The average molecular weight is 521 g/mol. The number of phenols is 1. The molecule has 1 aromatic heterocycles. The van der Waals surface area contributed by atoms with Gasteiger partial charge in [-0.2, -0.15) is 11.3 Å². The summed E-state index contributed by atoms with van der Waals surface area (Å²) in [7, 11) is 0. The molecule has 3 N–H and O–H groups in total. The van der Waals surface area contributed by atoms with E-state index in [1.165, 1.54) is 24.3 Å². The van der Waals surface area contributed by atoms with Crippen LogP contribution in [0, 0.1) is 22.7 Å². The molecule has 194 valence electrons. The molecule has 5 rings (SSSR count). The first-order chi connectivity index (χ1) is 17.2. The number of hydrogen-bond acceptors (Lipinski definition) is 7. The maximum atomic E-state index is 14.3. The Labute approximate surface area is 220 Å². The highest BCUT2D eigenvalue weighted by atomic mass is 32.1. The minimum atomic E-state index is -2.51. The molecule has 1 aromatic carbocycles. The van der Waals surface area contributed by atoms with Gasteiger partial charge in [-0.25, -0.2) is 0 Å². The molecule has 7 heteroatoms. The van der Waals surface area contributed by atoms with Crippen molar-refractivity contribution in [1.29, 1.82) is 0 Å². The SMILES string of the molecule is CC(=O)C1=C(C)[C@@H](C(C)C)[C@]2(C)C[C@]3(C)Cc4c(-c5ccsc5)ccc(O)c4C(O)=C3C(=O)[C@]2(O)C1=O. The molecule has 3 aliphatic rings. The van der Waals surface area contributed by atoms with Gasteiger partial charge in [-0.1, -0.05) is 39.3 Å². The van der Waals surface area contributed by atoms with Crippen LogP contribution in [0.15, 0.2) is 45.7 Å². The van der Waals surface area contributed by atoms with Crippen LogP contribution in [0.4, 0.5) is 0 Å². The van der Waals surface area contributed by atoms with Crippen LogP contribution in [0.5, 0.6) is 5.75 Å². The molecule has 1 fully saturated rings. The van der Waals surface area contributed by atoms with Crippen molar-refractivity contribution in [2.24, 2.45) is 22.7 Å². The van der Waals surface area contributed by atoms with Gasteiger partial charge < -0.3 is 15.3 Å². The standard InChI is InChI=1S/C30H32O6S/c1-14(2)23-15(3)21(16(4)31)26(34)30(36)27(35)24-25(33)22-19(11-28(24,5)13-29(23,30)6)18(7-8-20(22)32)17-9-10-37-12-17/h7-10,12,14,23,32-33,36H,11,13H2,1-6H3/t23-,28+,29+,30-/m1/s1. The molecule has 2 aromatic rings. The van der Waals surface area contributed by atoms with E-state index in [0.717, 1.165) is 16.7 Å². The Bertz CT molecular complexity index is 1440. The van der Waals surface area contributed by atoms with Crippen molar-refractivity contribution in [2.45, 2.75) is 60.0 Å². The zero-order valence-corrected chi connectivity index (χ0v) is 22.7. The van der Waals surface area contributed by atoms with Crippen LogP contribution < -0.4 is 0 Å². The van der Waals surface area contributed by atoms with E-state index in [1.54, 1.807) is 13.8 Å². The number of thiophene rings is 1. The zero-order valence-electron chi connectivity index (χ0n) is 21.9. The molecule has 0 amide bonds. The van der Waals surface area contributed by atoms with Crippen molar-refractivity contribution in [3.8, 4) is 16.9 Å². The van der Waals surface area contributed by atoms with Crippen molar-refractivity contribution in [2.75, 3.05) is 0 Å². The van der Waals surface area contributed by atoms with Crippen LogP contribution in [-0.4, -0.2) is 38.3 Å². The molecular weight excluding hydrogens is 488 g/mol. The van der Waals surface area contributed by atoms with Gasteiger partial charge in [0.05, 0.1) is 11.1 Å². The summed E-state index contributed by atoms with van der Waals surface area (Å²) in [5, 5.41) is 38.4. The molecule has 0 saturated heterocycles. The monoisotopic (exact) mass is 520 g/mol. The number of carbonyl (C=O) groups is 3. The Hall–Kier alpha value is -3.03. The van der Waals surface area contributed by atoms with Crippen LogP contribution in [-0.2, 0) is 20.8 Å². The second-order valence-electron chi connectivity index (χ2n) is 11.8. The van der Waals surface area contributed by atoms with Gasteiger partial charge in [0.15, 0.2) is 11.4 Å². The van der Waals surface area contributed by atoms with E-state index in [9.17, 15) is 29.7 Å². The van der Waals surface area contributed by atoms with Crippen LogP contribution >= 0.6 is 11.3 Å². The number of Topliss-reactive ketones (excluding diaryl/α,β-unsaturated/α-hetero) is 3. The topological polar surface area (TPSA) is 112 Å². The fourth-order valence-electron chi connectivity index (χ4n) is 7.94. The van der Waals surface area contributed by atoms with Crippen LogP contribution in [0.2, 0.25) is 0 Å². The predicted molar refractivity (Wildman–Crippen MR) is 142 cm³/mol. The molecule has 4 atom stereocenters. The van der Waals surface area contributed by atoms with E-state index in [-0.39, 0.29) is 34.8 Å². The van der Waals surface area contributed by atoms with Crippen molar-refractivity contribution in [1.82, 2.24) is 0 Å². The third-order valence-corrected chi connectivity index (χ3v) is 9.71. The van der Waals surface area contributed by atoms with Crippen molar-refractivity contribution >= 4 is 34.4 Å². The molecule has 6 nitrogen and oxygen atoms in total. The first kappa shape index (κ1) is 25.6. The Balaban J connectivity index is 1.82. The largest absolute Gasteiger partial charge is 0.507 e. The molecule has 3 aliphatic carbocycles. The van der Waals surface area contributed by atoms with Crippen molar-refractivity contribution in [3.63, 3.8) is 0 Å². The van der Waals surface area contributed by atoms with Crippen LogP contribution in [0.3, 0.4) is 0 Å². The summed E-state index contributed by atoms with van der Waals surface area (Å²) in [5.74, 6) is -3.35. The Morgan fingerprint density at radius 2 is 1.78 bits per heavy atom. The Kier molecular flexibility index (Phi) is 5.53. The summed E-state index contributed by atoms with van der Waals surface area (Å²) in [6.45, 7) is 10.6. The lowest BCUT2D eigenvalue weighted by Gasteiger charge is -2.60. The smallest absolute Gasteiger partial charge is 0.206 e. The fraction of sp³-hybridized carbons (Fsp3) is 0.433. The number of fused-ring (bicyclic) bond motifs is 3. The van der Waals surface area contributed by atoms with Crippen LogP contribution in [0.25, 0.3) is 16.9 Å². The highest BCUT2D eigenvalue weighted by molar-refractivity contribution is 7.08. The number of ketones is 3. The van der Waals surface area contributed by atoms with Gasteiger partial charge in [0, 0.05) is 16.4 Å². The van der Waals surface area contributed by atoms with E-state index in [4.69, 9.17) is 0 Å². The van der Waals surface area contributed by atoms with Crippen molar-refractivity contribution < 1.29 is 29.7 Å². The number of rotatable bonds is 3. The van der Waals surface area contributed by atoms with Gasteiger partial charge in [0.1, 0.15) is 11.5 Å². The lowest BCUT2D eigenvalue weighted by Crippen LogP contribution is -2.70. The minimum absolute atomic E-state index is 0.0592. The Morgan fingerprint density at radius 3 is 2.35 bits per heavy atom. The van der Waals surface area contributed by atoms with Gasteiger partial charge in [-0.3, -0.25) is 14.4 Å². The minimum Gasteiger partial charge on any atom is -0.507 e.